The Labute approximate surface area is 179 Å². The summed E-state index contributed by atoms with van der Waals surface area (Å²) >= 11 is 0. The zero-order chi connectivity index (χ0) is 22.8. The predicted octanol–water partition coefficient (Wildman–Crippen LogP) is 4.09. The molecule has 3 rings (SSSR count). The molecule has 1 saturated heterocycles. The van der Waals surface area contributed by atoms with Crippen LogP contribution in [0, 0.1) is 5.92 Å². The van der Waals surface area contributed by atoms with Crippen LogP contribution < -0.4 is 10.1 Å². The number of ether oxygens (including phenoxy) is 1. The summed E-state index contributed by atoms with van der Waals surface area (Å²) in [7, 11) is 1.52. The monoisotopic (exact) mass is 434 g/mol. The smallest absolute Gasteiger partial charge is 0.416 e. The first kappa shape index (κ1) is 22.7. The van der Waals surface area contributed by atoms with E-state index in [1.807, 2.05) is 13.8 Å². The van der Waals surface area contributed by atoms with Crippen LogP contribution in [0.1, 0.15) is 41.3 Å². The van der Waals surface area contributed by atoms with Crippen molar-refractivity contribution in [2.45, 2.75) is 32.0 Å². The molecule has 1 heterocycles. The van der Waals surface area contributed by atoms with Gasteiger partial charge < -0.3 is 15.0 Å². The third-order valence-electron chi connectivity index (χ3n) is 5.35. The normalized spacial score (nSPS) is 18.9. The zero-order valence-electron chi connectivity index (χ0n) is 17.6. The number of amides is 2. The number of methoxy groups -OCH3 is 1. The Hall–Kier alpha value is -3.03. The molecule has 2 amide bonds. The average molecular weight is 434 g/mol. The van der Waals surface area contributed by atoms with E-state index in [1.165, 1.54) is 18.1 Å². The lowest BCUT2D eigenvalue weighted by Gasteiger charge is -2.20. The highest BCUT2D eigenvalue weighted by Gasteiger charge is 2.41. The van der Waals surface area contributed by atoms with Gasteiger partial charge in [-0.3, -0.25) is 9.59 Å². The summed E-state index contributed by atoms with van der Waals surface area (Å²) in [5, 5.41) is 2.83. The molecule has 2 unspecified atom stereocenters. The molecule has 1 N–H and O–H groups in total. The number of carbonyl (C=O) groups excluding carboxylic acids is 2. The first-order valence-corrected chi connectivity index (χ1v) is 10.0. The van der Waals surface area contributed by atoms with Gasteiger partial charge in [0.05, 0.1) is 18.6 Å². The molecule has 1 aliphatic heterocycles. The van der Waals surface area contributed by atoms with E-state index in [9.17, 15) is 22.8 Å². The Kier molecular flexibility index (Phi) is 6.57. The Morgan fingerprint density at radius 1 is 1.10 bits per heavy atom. The van der Waals surface area contributed by atoms with Crippen LogP contribution in [0.25, 0.3) is 0 Å². The Balaban J connectivity index is 1.90. The summed E-state index contributed by atoms with van der Waals surface area (Å²) in [6, 6.07) is 11.4. The topological polar surface area (TPSA) is 58.6 Å². The molecule has 166 valence electrons. The molecule has 0 aromatic heterocycles. The van der Waals surface area contributed by atoms with Gasteiger partial charge in [0, 0.05) is 30.6 Å². The molecule has 31 heavy (non-hydrogen) atoms. The fraction of sp³-hybridized carbons (Fsp3) is 0.391. The van der Waals surface area contributed by atoms with E-state index in [0.717, 1.165) is 12.1 Å². The summed E-state index contributed by atoms with van der Waals surface area (Å²) in [5.41, 5.74) is 0.0465. The minimum atomic E-state index is -4.48. The number of carbonyl (C=O) groups is 2. The predicted molar refractivity (Wildman–Crippen MR) is 110 cm³/mol. The van der Waals surface area contributed by atoms with Crippen molar-refractivity contribution in [3.63, 3.8) is 0 Å². The number of hydrogen-bond donors (Lipinski definition) is 1. The van der Waals surface area contributed by atoms with Crippen LogP contribution >= 0.6 is 0 Å². The molecule has 0 aliphatic carbocycles. The van der Waals surface area contributed by atoms with E-state index >= 15 is 0 Å². The molecular formula is C23H25F3N2O3. The fourth-order valence-electron chi connectivity index (χ4n) is 3.83. The molecule has 1 fully saturated rings. The van der Waals surface area contributed by atoms with E-state index in [1.54, 1.807) is 30.3 Å². The third kappa shape index (κ3) is 5.18. The molecule has 0 saturated carbocycles. The van der Waals surface area contributed by atoms with Gasteiger partial charge in [-0.15, -0.1) is 0 Å². The van der Waals surface area contributed by atoms with Gasteiger partial charge in [0.2, 0.25) is 5.91 Å². The van der Waals surface area contributed by atoms with Gasteiger partial charge >= 0.3 is 6.18 Å². The molecule has 2 aromatic rings. The summed E-state index contributed by atoms with van der Waals surface area (Å²) in [5.74, 6) is -1.13. The highest BCUT2D eigenvalue weighted by Crippen LogP contribution is 2.37. The van der Waals surface area contributed by atoms with Crippen molar-refractivity contribution in [2.24, 2.45) is 5.92 Å². The zero-order valence-corrected chi connectivity index (χ0v) is 17.6. The van der Waals surface area contributed by atoms with Gasteiger partial charge in [0.15, 0.2) is 0 Å². The standard InChI is InChI=1S/C23H25F3N2O3/c1-14(2)27-21(29)20-13-28(22(30)15-7-9-18(31-3)10-8-15)12-19(20)16-5-4-6-17(11-16)23(24,25)26/h4-11,14,19-20H,12-13H2,1-3H3,(H,27,29). The number of halogens is 3. The van der Waals surface area contributed by atoms with Crippen LogP contribution in [0.3, 0.4) is 0 Å². The average Bonchev–Trinajstić information content (AvgIpc) is 3.18. The van der Waals surface area contributed by atoms with E-state index in [0.29, 0.717) is 16.9 Å². The molecule has 0 bridgehead atoms. The molecular weight excluding hydrogens is 409 g/mol. The van der Waals surface area contributed by atoms with Crippen molar-refractivity contribution in [3.05, 3.63) is 65.2 Å². The summed E-state index contributed by atoms with van der Waals surface area (Å²) < 4.78 is 44.8. The minimum absolute atomic E-state index is 0.124. The lowest BCUT2D eigenvalue weighted by Crippen LogP contribution is -2.39. The highest BCUT2D eigenvalue weighted by molar-refractivity contribution is 5.95. The highest BCUT2D eigenvalue weighted by atomic mass is 19.4. The number of nitrogens with one attached hydrogen (secondary N) is 1. The first-order valence-electron chi connectivity index (χ1n) is 10.0. The molecule has 8 heteroatoms. The van der Waals surface area contributed by atoms with Gasteiger partial charge in [-0.05, 0) is 49.7 Å². The Morgan fingerprint density at radius 2 is 1.77 bits per heavy atom. The van der Waals surface area contributed by atoms with Gasteiger partial charge in [0.25, 0.3) is 5.91 Å². The maximum Gasteiger partial charge on any atom is 0.416 e. The molecule has 1 aliphatic rings. The lowest BCUT2D eigenvalue weighted by atomic mass is 9.87. The first-order chi connectivity index (χ1) is 14.6. The summed E-state index contributed by atoms with van der Waals surface area (Å²) in [6.07, 6.45) is -4.48. The van der Waals surface area contributed by atoms with Crippen molar-refractivity contribution in [1.82, 2.24) is 10.2 Å². The SMILES string of the molecule is COc1ccc(C(=O)N2CC(C(=O)NC(C)C)C(c3cccc(C(F)(F)F)c3)C2)cc1. The van der Waals surface area contributed by atoms with E-state index in [4.69, 9.17) is 4.74 Å². The maximum absolute atomic E-state index is 13.2. The number of alkyl halides is 3. The van der Waals surface area contributed by atoms with Crippen LogP contribution in [0.5, 0.6) is 5.75 Å². The quantitative estimate of drug-likeness (QED) is 0.771. The summed E-state index contributed by atoms with van der Waals surface area (Å²) in [6.45, 7) is 3.91. The van der Waals surface area contributed by atoms with Crippen LogP contribution in [0.4, 0.5) is 13.2 Å². The number of nitrogens with zero attached hydrogens (tertiary/aromatic N) is 1. The van der Waals surface area contributed by atoms with E-state index in [2.05, 4.69) is 5.32 Å². The van der Waals surface area contributed by atoms with Crippen LogP contribution in [-0.4, -0.2) is 43.0 Å². The van der Waals surface area contributed by atoms with Crippen molar-refractivity contribution >= 4 is 11.8 Å². The van der Waals surface area contributed by atoms with Gasteiger partial charge in [-0.1, -0.05) is 18.2 Å². The number of benzene rings is 2. The number of rotatable bonds is 5. The van der Waals surface area contributed by atoms with Gasteiger partial charge in [-0.2, -0.15) is 13.2 Å². The fourth-order valence-corrected chi connectivity index (χ4v) is 3.83. The van der Waals surface area contributed by atoms with Gasteiger partial charge in [-0.25, -0.2) is 0 Å². The van der Waals surface area contributed by atoms with Crippen LogP contribution in [-0.2, 0) is 11.0 Å². The lowest BCUT2D eigenvalue weighted by molar-refractivity contribution is -0.137. The minimum Gasteiger partial charge on any atom is -0.497 e. The molecule has 0 spiro atoms. The largest absolute Gasteiger partial charge is 0.497 e. The third-order valence-corrected chi connectivity index (χ3v) is 5.35. The second-order valence-corrected chi connectivity index (χ2v) is 7.94. The molecule has 5 nitrogen and oxygen atoms in total. The molecule has 2 aromatic carbocycles. The summed E-state index contributed by atoms with van der Waals surface area (Å²) in [4.78, 5) is 27.4. The van der Waals surface area contributed by atoms with Gasteiger partial charge in [0.1, 0.15) is 5.75 Å². The Morgan fingerprint density at radius 3 is 2.35 bits per heavy atom. The van der Waals surface area contributed by atoms with E-state index < -0.39 is 23.6 Å². The van der Waals surface area contributed by atoms with Crippen molar-refractivity contribution < 1.29 is 27.5 Å². The van der Waals surface area contributed by atoms with Crippen molar-refractivity contribution in [3.8, 4) is 5.75 Å². The number of hydrogen-bond acceptors (Lipinski definition) is 3. The molecule has 0 radical (unpaired) electrons. The van der Waals surface area contributed by atoms with E-state index in [-0.39, 0.29) is 30.9 Å². The van der Waals surface area contributed by atoms with Crippen molar-refractivity contribution in [1.29, 1.82) is 0 Å². The van der Waals surface area contributed by atoms with Crippen molar-refractivity contribution in [2.75, 3.05) is 20.2 Å². The number of likely N-dealkylation sites (tertiary alicyclic amines) is 1. The van der Waals surface area contributed by atoms with Crippen LogP contribution in [0.15, 0.2) is 48.5 Å². The maximum atomic E-state index is 13.2. The Bertz CT molecular complexity index is 942. The van der Waals surface area contributed by atoms with Crippen LogP contribution in [0.2, 0.25) is 0 Å². The second kappa shape index (κ2) is 8.99. The second-order valence-electron chi connectivity index (χ2n) is 7.94. The molecule has 2 atom stereocenters.